The second kappa shape index (κ2) is 12.7. The topological polar surface area (TPSA) is 89.9 Å². The quantitative estimate of drug-likeness (QED) is 0.144. The molecule has 0 amide bonds. The molecule has 0 bridgehead atoms. The number of aromatic amines is 1. The number of nitrogens with one attached hydrogen (secondary N) is 2. The summed E-state index contributed by atoms with van der Waals surface area (Å²) in [5, 5.41) is 10.9. The van der Waals surface area contributed by atoms with Gasteiger partial charge in [0.05, 0.1) is 12.8 Å². The molecule has 2 aromatic heterocycles. The van der Waals surface area contributed by atoms with Gasteiger partial charge in [0, 0.05) is 29.7 Å². The van der Waals surface area contributed by atoms with Crippen LogP contribution in [-0.2, 0) is 0 Å². The lowest BCUT2D eigenvalue weighted by atomic mass is 9.93. The summed E-state index contributed by atoms with van der Waals surface area (Å²) < 4.78 is 37.3. The summed E-state index contributed by atoms with van der Waals surface area (Å²) in [6.45, 7) is -0.641. The molecule has 8 nitrogen and oxygen atoms in total. The highest BCUT2D eigenvalue weighted by atomic mass is 35.5. The molecule has 0 aliphatic rings. The van der Waals surface area contributed by atoms with Gasteiger partial charge in [-0.2, -0.15) is 4.98 Å². The van der Waals surface area contributed by atoms with Gasteiger partial charge in [-0.15, -0.1) is 16.7 Å². The standard InChI is InChI=1S/C25H26Cl2F2N6O2/c1-36-21-12-17(7-10-20(21)35-13-22(27)30-15-35)31-25-32-24(33-34-25)19(4-2-3-11-26)16-5-8-18(9-6-16)37-14-23(28)29/h5-10,12-13,15,19,23H,2-4,11,14H2,1H3,(H2,31,32,33,34). The molecular formula is C25H26Cl2F2N6O2. The Hall–Kier alpha value is -3.37. The average Bonchev–Trinajstić information content (AvgIpc) is 3.54. The summed E-state index contributed by atoms with van der Waals surface area (Å²) in [5.41, 5.74) is 2.48. The molecule has 0 radical (unpaired) electrons. The van der Waals surface area contributed by atoms with Crippen LogP contribution in [0.15, 0.2) is 55.0 Å². The number of hydrogen-bond acceptors (Lipinski definition) is 6. The number of methoxy groups -OCH3 is 1. The first-order valence-corrected chi connectivity index (χ1v) is 12.5. The predicted molar refractivity (Wildman–Crippen MR) is 139 cm³/mol. The van der Waals surface area contributed by atoms with Crippen molar-refractivity contribution in [1.82, 2.24) is 24.7 Å². The Morgan fingerprint density at radius 1 is 1.14 bits per heavy atom. The fraction of sp³-hybridized carbons (Fsp3) is 0.320. The number of alkyl halides is 3. The number of unbranched alkanes of at least 4 members (excludes halogenated alkanes) is 1. The summed E-state index contributed by atoms with van der Waals surface area (Å²) in [7, 11) is 1.58. The van der Waals surface area contributed by atoms with E-state index >= 15 is 0 Å². The molecule has 1 atom stereocenters. The molecule has 0 aliphatic carbocycles. The molecular weight excluding hydrogens is 525 g/mol. The van der Waals surface area contributed by atoms with Gasteiger partial charge in [0.2, 0.25) is 5.95 Å². The van der Waals surface area contributed by atoms with Gasteiger partial charge < -0.3 is 19.4 Å². The second-order valence-corrected chi connectivity index (χ2v) is 8.93. The maximum Gasteiger partial charge on any atom is 0.272 e. The van der Waals surface area contributed by atoms with Crippen molar-refractivity contribution in [1.29, 1.82) is 0 Å². The third-order valence-corrected chi connectivity index (χ3v) is 6.10. The zero-order valence-corrected chi connectivity index (χ0v) is 21.5. The van der Waals surface area contributed by atoms with Crippen molar-refractivity contribution in [3.8, 4) is 17.2 Å². The molecule has 2 N–H and O–H groups in total. The van der Waals surface area contributed by atoms with Crippen molar-refractivity contribution in [3.05, 3.63) is 71.5 Å². The van der Waals surface area contributed by atoms with Gasteiger partial charge in [0.25, 0.3) is 6.43 Å². The molecule has 2 aromatic carbocycles. The first kappa shape index (κ1) is 26.7. The van der Waals surface area contributed by atoms with Crippen LogP contribution in [0, 0.1) is 0 Å². The number of nitrogens with zero attached hydrogens (tertiary/aromatic N) is 4. The number of H-pyrrole nitrogens is 1. The van der Waals surface area contributed by atoms with E-state index in [1.807, 2.05) is 30.3 Å². The van der Waals surface area contributed by atoms with E-state index in [-0.39, 0.29) is 5.92 Å². The van der Waals surface area contributed by atoms with E-state index in [1.54, 1.807) is 36.3 Å². The number of imidazole rings is 1. The van der Waals surface area contributed by atoms with E-state index in [2.05, 4.69) is 25.5 Å². The number of anilines is 2. The summed E-state index contributed by atoms with van der Waals surface area (Å²) in [6.07, 6.45) is 3.31. The van der Waals surface area contributed by atoms with E-state index in [0.717, 1.165) is 36.2 Å². The van der Waals surface area contributed by atoms with Crippen LogP contribution < -0.4 is 14.8 Å². The molecule has 0 saturated carbocycles. The van der Waals surface area contributed by atoms with E-state index in [9.17, 15) is 8.78 Å². The van der Waals surface area contributed by atoms with Gasteiger partial charge in [-0.3, -0.25) is 5.10 Å². The number of ether oxygens (including phenoxy) is 2. The monoisotopic (exact) mass is 550 g/mol. The number of aromatic nitrogens is 5. The Balaban J connectivity index is 1.51. The summed E-state index contributed by atoms with van der Waals surface area (Å²) in [6, 6.07) is 12.7. The van der Waals surface area contributed by atoms with Crippen LogP contribution in [-0.4, -0.2) is 50.8 Å². The van der Waals surface area contributed by atoms with Crippen LogP contribution in [0.3, 0.4) is 0 Å². The molecule has 0 spiro atoms. The molecule has 12 heteroatoms. The van der Waals surface area contributed by atoms with Gasteiger partial charge in [-0.25, -0.2) is 13.8 Å². The van der Waals surface area contributed by atoms with Crippen molar-refractivity contribution in [2.75, 3.05) is 24.9 Å². The Labute approximate surface area is 222 Å². The van der Waals surface area contributed by atoms with Gasteiger partial charge in [0.1, 0.15) is 35.4 Å². The molecule has 0 saturated heterocycles. The lowest BCUT2D eigenvalue weighted by Gasteiger charge is -2.15. The van der Waals surface area contributed by atoms with Gasteiger partial charge >= 0.3 is 0 Å². The lowest BCUT2D eigenvalue weighted by Crippen LogP contribution is -2.07. The molecule has 1 unspecified atom stereocenters. The van der Waals surface area contributed by atoms with Crippen molar-refractivity contribution in [3.63, 3.8) is 0 Å². The van der Waals surface area contributed by atoms with Gasteiger partial charge in [0.15, 0.2) is 0 Å². The van der Waals surface area contributed by atoms with Crippen molar-refractivity contribution in [2.24, 2.45) is 0 Å². The van der Waals surface area contributed by atoms with E-state index < -0.39 is 13.0 Å². The fourth-order valence-electron chi connectivity index (χ4n) is 3.87. The SMILES string of the molecule is COc1cc(Nc2n[nH]c(C(CCCCCl)c3ccc(OCC(F)F)cc3)n2)ccc1-n1cnc(Cl)c1. The maximum absolute atomic E-state index is 12.4. The van der Waals surface area contributed by atoms with E-state index in [1.165, 1.54) is 0 Å². The average molecular weight is 551 g/mol. The largest absolute Gasteiger partial charge is 0.494 e. The van der Waals surface area contributed by atoms with Crippen LogP contribution in [0.25, 0.3) is 5.69 Å². The number of hydrogen-bond donors (Lipinski definition) is 2. The van der Waals surface area contributed by atoms with Gasteiger partial charge in [-0.05, 0) is 42.7 Å². The molecule has 4 rings (SSSR count). The molecule has 4 aromatic rings. The van der Waals surface area contributed by atoms with Gasteiger partial charge in [-0.1, -0.05) is 30.2 Å². The first-order chi connectivity index (χ1) is 18.0. The third-order valence-electron chi connectivity index (χ3n) is 5.63. The third kappa shape index (κ3) is 7.11. The van der Waals surface area contributed by atoms with Crippen LogP contribution in [0.4, 0.5) is 20.4 Å². The van der Waals surface area contributed by atoms with Crippen molar-refractivity contribution >= 4 is 34.8 Å². The number of halogens is 4. The Bertz CT molecular complexity index is 1280. The Morgan fingerprint density at radius 3 is 2.62 bits per heavy atom. The second-order valence-electron chi connectivity index (χ2n) is 8.17. The zero-order chi connectivity index (χ0) is 26.2. The minimum absolute atomic E-state index is 0.0849. The maximum atomic E-state index is 12.4. The molecule has 2 heterocycles. The highest BCUT2D eigenvalue weighted by Crippen LogP contribution is 2.31. The van der Waals surface area contributed by atoms with E-state index in [0.29, 0.717) is 34.3 Å². The van der Waals surface area contributed by atoms with Crippen LogP contribution in [0.2, 0.25) is 5.15 Å². The summed E-state index contributed by atoms with van der Waals surface area (Å²) >= 11 is 11.8. The lowest BCUT2D eigenvalue weighted by molar-refractivity contribution is 0.0819. The minimum atomic E-state index is -2.52. The highest BCUT2D eigenvalue weighted by molar-refractivity contribution is 6.29. The molecule has 37 heavy (non-hydrogen) atoms. The fourth-order valence-corrected chi connectivity index (χ4v) is 4.21. The molecule has 0 fully saturated rings. The number of rotatable bonds is 13. The Morgan fingerprint density at radius 2 is 1.95 bits per heavy atom. The summed E-state index contributed by atoms with van der Waals surface area (Å²) in [5.74, 6) is 2.56. The highest BCUT2D eigenvalue weighted by Gasteiger charge is 2.19. The van der Waals surface area contributed by atoms with Crippen molar-refractivity contribution in [2.45, 2.75) is 31.6 Å². The predicted octanol–water partition coefficient (Wildman–Crippen LogP) is 6.58. The summed E-state index contributed by atoms with van der Waals surface area (Å²) in [4.78, 5) is 8.71. The Kier molecular flexibility index (Phi) is 9.19. The smallest absolute Gasteiger partial charge is 0.272 e. The van der Waals surface area contributed by atoms with E-state index in [4.69, 9.17) is 32.7 Å². The van der Waals surface area contributed by atoms with Crippen molar-refractivity contribution < 1.29 is 18.3 Å². The molecule has 0 aliphatic heterocycles. The molecule has 196 valence electrons. The minimum Gasteiger partial charge on any atom is -0.494 e. The van der Waals surface area contributed by atoms with Crippen LogP contribution in [0.5, 0.6) is 11.5 Å². The van der Waals surface area contributed by atoms with Crippen LogP contribution >= 0.6 is 23.2 Å². The normalized spacial score (nSPS) is 12.1. The van der Waals surface area contributed by atoms with Crippen LogP contribution in [0.1, 0.15) is 36.6 Å². The zero-order valence-electron chi connectivity index (χ0n) is 20.0. The number of benzene rings is 2. The first-order valence-electron chi connectivity index (χ1n) is 11.6.